The Morgan fingerprint density at radius 1 is 1.06 bits per heavy atom. The summed E-state index contributed by atoms with van der Waals surface area (Å²) >= 11 is 0. The Hall–Kier alpha value is -2.83. The number of fused-ring (bicyclic) bond motifs is 1. The first-order valence-corrected chi connectivity index (χ1v) is 10.8. The summed E-state index contributed by atoms with van der Waals surface area (Å²) in [5.74, 6) is 0.609. The van der Waals surface area contributed by atoms with Crippen LogP contribution in [0.4, 0.5) is 4.39 Å². The van der Waals surface area contributed by atoms with E-state index in [2.05, 4.69) is 15.0 Å². The van der Waals surface area contributed by atoms with Gasteiger partial charge in [0.15, 0.2) is 5.78 Å². The molecule has 1 aliphatic heterocycles. The maximum absolute atomic E-state index is 13.7. The monoisotopic (exact) mass is 419 g/mol. The second kappa shape index (κ2) is 7.70. The number of rotatable bonds is 4. The lowest BCUT2D eigenvalue weighted by molar-refractivity contribution is 0.0259. The molecule has 2 aliphatic rings. The van der Waals surface area contributed by atoms with Crippen molar-refractivity contribution in [1.29, 1.82) is 0 Å². The van der Waals surface area contributed by atoms with E-state index in [-0.39, 0.29) is 11.6 Å². The van der Waals surface area contributed by atoms with Crippen molar-refractivity contribution >= 4 is 5.78 Å². The van der Waals surface area contributed by atoms with Gasteiger partial charge in [0.1, 0.15) is 22.8 Å². The highest BCUT2D eigenvalue weighted by molar-refractivity contribution is 6.07. The van der Waals surface area contributed by atoms with Crippen LogP contribution in [0.15, 0.2) is 53.1 Å². The van der Waals surface area contributed by atoms with Crippen LogP contribution in [-0.2, 0) is 18.5 Å². The lowest BCUT2D eigenvalue weighted by Crippen LogP contribution is -2.58. The number of carbonyl (C=O) groups is 1. The second-order valence-electron chi connectivity index (χ2n) is 8.68. The van der Waals surface area contributed by atoms with E-state index in [0.29, 0.717) is 24.4 Å². The minimum Gasteiger partial charge on any atom is -0.361 e. The lowest BCUT2D eigenvalue weighted by Gasteiger charge is -2.44. The summed E-state index contributed by atoms with van der Waals surface area (Å²) in [6.07, 6.45) is 0.608. The predicted octanol–water partition coefficient (Wildman–Crippen LogP) is 3.88. The Morgan fingerprint density at radius 2 is 1.84 bits per heavy atom. The molecular formula is C25H26FN3O2. The largest absolute Gasteiger partial charge is 0.361 e. The molecule has 0 saturated carbocycles. The number of nitrogens with zero attached hydrogens (tertiary/aromatic N) is 3. The van der Waals surface area contributed by atoms with Crippen LogP contribution in [0.1, 0.15) is 38.5 Å². The summed E-state index contributed by atoms with van der Waals surface area (Å²) in [6, 6.07) is 14.7. The van der Waals surface area contributed by atoms with E-state index >= 15 is 0 Å². The third-order valence-electron chi connectivity index (χ3n) is 6.75. The molecule has 0 spiro atoms. The Kier molecular flexibility index (Phi) is 4.99. The van der Waals surface area contributed by atoms with Crippen LogP contribution in [0, 0.1) is 19.7 Å². The van der Waals surface area contributed by atoms with Crippen LogP contribution >= 0.6 is 0 Å². The van der Waals surface area contributed by atoms with Gasteiger partial charge in [-0.25, -0.2) is 4.39 Å². The normalized spacial score (nSPS) is 22.1. The van der Waals surface area contributed by atoms with Crippen LogP contribution in [-0.4, -0.2) is 46.9 Å². The highest BCUT2D eigenvalue weighted by atomic mass is 19.1. The van der Waals surface area contributed by atoms with Gasteiger partial charge in [-0.1, -0.05) is 35.5 Å². The molecule has 1 saturated heterocycles. The minimum atomic E-state index is -0.817. The van der Waals surface area contributed by atoms with Crippen molar-refractivity contribution in [3.63, 3.8) is 0 Å². The van der Waals surface area contributed by atoms with Crippen LogP contribution in [0.25, 0.3) is 0 Å². The first kappa shape index (κ1) is 20.1. The summed E-state index contributed by atoms with van der Waals surface area (Å²) < 4.78 is 19.1. The molecular weight excluding hydrogens is 393 g/mol. The third-order valence-corrected chi connectivity index (χ3v) is 6.75. The van der Waals surface area contributed by atoms with Gasteiger partial charge in [0, 0.05) is 50.8 Å². The molecule has 2 aromatic carbocycles. The van der Waals surface area contributed by atoms with Gasteiger partial charge in [0.2, 0.25) is 0 Å². The molecule has 3 aromatic rings. The Balaban J connectivity index is 1.40. The lowest BCUT2D eigenvalue weighted by atomic mass is 9.87. The van der Waals surface area contributed by atoms with Crippen LogP contribution in [0.5, 0.6) is 0 Å². The smallest absolute Gasteiger partial charge is 0.189 e. The van der Waals surface area contributed by atoms with Crippen molar-refractivity contribution in [2.75, 3.05) is 26.2 Å². The van der Waals surface area contributed by atoms with Gasteiger partial charge in [-0.05, 0) is 42.7 Å². The first-order chi connectivity index (χ1) is 15.0. The molecule has 160 valence electrons. The predicted molar refractivity (Wildman–Crippen MR) is 115 cm³/mol. The number of Topliss-reactive ketones (excluding diaryl/α,β-unsaturated/α-hetero) is 1. The number of hydrogen-bond acceptors (Lipinski definition) is 5. The third kappa shape index (κ3) is 3.40. The zero-order valence-corrected chi connectivity index (χ0v) is 17.9. The van der Waals surface area contributed by atoms with Crippen molar-refractivity contribution in [3.05, 3.63) is 88.1 Å². The van der Waals surface area contributed by atoms with E-state index < -0.39 is 5.54 Å². The maximum Gasteiger partial charge on any atom is 0.189 e. The van der Waals surface area contributed by atoms with Crippen molar-refractivity contribution in [1.82, 2.24) is 15.0 Å². The van der Waals surface area contributed by atoms with E-state index in [0.717, 1.165) is 48.4 Å². The minimum absolute atomic E-state index is 0.103. The number of ketones is 1. The number of halogens is 1. The summed E-state index contributed by atoms with van der Waals surface area (Å²) in [5, 5.41) is 4.29. The molecule has 1 atom stereocenters. The highest BCUT2D eigenvalue weighted by Crippen LogP contribution is 2.42. The standard InChI is InChI=1S/C25H26FN3O2/c1-17-7-8-21(26)14-20(17)16-28-9-11-29(12-10-28)25(23-13-18(2)31-27-23)15-19-5-3-4-6-22(19)24(25)30/h3-8,13-14H,9-12,15-16H2,1-2H3. The topological polar surface area (TPSA) is 49.6 Å². The molecule has 31 heavy (non-hydrogen) atoms. The van der Waals surface area contributed by atoms with Crippen molar-refractivity contribution in [3.8, 4) is 0 Å². The second-order valence-corrected chi connectivity index (χ2v) is 8.68. The Bertz CT molecular complexity index is 1130. The number of aromatic nitrogens is 1. The molecule has 1 unspecified atom stereocenters. The van der Waals surface area contributed by atoms with Crippen LogP contribution in [0.3, 0.4) is 0 Å². The van der Waals surface area contributed by atoms with E-state index in [4.69, 9.17) is 4.52 Å². The van der Waals surface area contributed by atoms with Crippen molar-refractivity contribution < 1.29 is 13.7 Å². The van der Waals surface area contributed by atoms with Gasteiger partial charge in [0.25, 0.3) is 0 Å². The van der Waals surface area contributed by atoms with Gasteiger partial charge in [-0.15, -0.1) is 0 Å². The molecule has 0 amide bonds. The zero-order chi connectivity index (χ0) is 21.6. The van der Waals surface area contributed by atoms with E-state index in [9.17, 15) is 9.18 Å². The van der Waals surface area contributed by atoms with Crippen LogP contribution in [0.2, 0.25) is 0 Å². The molecule has 5 nitrogen and oxygen atoms in total. The van der Waals surface area contributed by atoms with Gasteiger partial charge in [0.05, 0.1) is 0 Å². The number of aryl methyl sites for hydroxylation is 2. The number of hydrogen-bond donors (Lipinski definition) is 0. The summed E-state index contributed by atoms with van der Waals surface area (Å²) in [6.45, 7) is 7.66. The summed E-state index contributed by atoms with van der Waals surface area (Å²) in [4.78, 5) is 18.3. The zero-order valence-electron chi connectivity index (χ0n) is 17.9. The fraction of sp³-hybridized carbons (Fsp3) is 0.360. The van der Waals surface area contributed by atoms with Crippen molar-refractivity contribution in [2.45, 2.75) is 32.4 Å². The van der Waals surface area contributed by atoms with Crippen molar-refractivity contribution in [2.24, 2.45) is 0 Å². The fourth-order valence-corrected chi connectivity index (χ4v) is 5.00. The van der Waals surface area contributed by atoms with E-state index in [1.54, 1.807) is 6.07 Å². The van der Waals surface area contributed by atoms with Gasteiger partial charge in [-0.3, -0.25) is 14.6 Å². The SMILES string of the molecule is Cc1cc(C2(N3CCN(Cc4cc(F)ccc4C)CC3)Cc3ccccc3C2=O)no1. The molecule has 6 heteroatoms. The molecule has 5 rings (SSSR count). The van der Waals surface area contributed by atoms with E-state index in [1.165, 1.54) is 6.07 Å². The fourth-order valence-electron chi connectivity index (χ4n) is 5.00. The van der Waals surface area contributed by atoms with Gasteiger partial charge >= 0.3 is 0 Å². The quantitative estimate of drug-likeness (QED) is 0.642. The van der Waals surface area contributed by atoms with Crippen LogP contribution < -0.4 is 0 Å². The first-order valence-electron chi connectivity index (χ1n) is 10.8. The molecule has 1 aromatic heterocycles. The molecule has 1 fully saturated rings. The average molecular weight is 420 g/mol. The summed E-state index contributed by atoms with van der Waals surface area (Å²) in [5.41, 5.74) is 3.83. The molecule has 0 radical (unpaired) electrons. The molecule has 2 heterocycles. The summed E-state index contributed by atoms with van der Waals surface area (Å²) in [7, 11) is 0. The van der Waals surface area contributed by atoms with Gasteiger partial charge < -0.3 is 4.52 Å². The Labute approximate surface area is 181 Å². The molecule has 0 N–H and O–H groups in total. The number of benzene rings is 2. The Morgan fingerprint density at radius 3 is 2.55 bits per heavy atom. The highest BCUT2D eigenvalue weighted by Gasteiger charge is 2.53. The molecule has 0 bridgehead atoms. The molecule has 1 aliphatic carbocycles. The maximum atomic E-state index is 13.7. The number of piperazine rings is 1. The van der Waals surface area contributed by atoms with E-state index in [1.807, 2.05) is 50.2 Å². The number of carbonyl (C=O) groups excluding carboxylic acids is 1. The average Bonchev–Trinajstić information content (AvgIpc) is 3.33. The van der Waals surface area contributed by atoms with Gasteiger partial charge in [-0.2, -0.15) is 0 Å².